The molecule has 0 spiro atoms. The van der Waals surface area contributed by atoms with Gasteiger partial charge in [0.2, 0.25) is 0 Å². The molecule has 0 bridgehead atoms. The summed E-state index contributed by atoms with van der Waals surface area (Å²) in [6.45, 7) is 6.64. The van der Waals surface area contributed by atoms with Crippen LogP contribution >= 0.6 is 0 Å². The van der Waals surface area contributed by atoms with Crippen molar-refractivity contribution in [3.8, 4) is 5.75 Å². The van der Waals surface area contributed by atoms with Gasteiger partial charge < -0.3 is 4.74 Å². The first-order chi connectivity index (χ1) is 9.56. The van der Waals surface area contributed by atoms with Crippen LogP contribution in [0.25, 0.3) is 0 Å². The van der Waals surface area contributed by atoms with Crippen LogP contribution in [0.5, 0.6) is 5.75 Å². The molecule has 1 fully saturated rings. The molecule has 0 heterocycles. The van der Waals surface area contributed by atoms with E-state index in [1.54, 1.807) is 0 Å². The number of rotatable bonds is 5. The minimum absolute atomic E-state index is 0.228. The molecule has 1 aromatic carbocycles. The zero-order chi connectivity index (χ0) is 14.5. The summed E-state index contributed by atoms with van der Waals surface area (Å²) in [7, 11) is 0. The summed E-state index contributed by atoms with van der Waals surface area (Å²) in [6, 6.07) is 6.26. The molecule has 20 heavy (non-hydrogen) atoms. The SMILES string of the molecule is Cc1cc(OCC(=O)C2CCCCC2)cc(C(C)C)c1. The quantitative estimate of drug-likeness (QED) is 0.781. The molecule has 1 saturated carbocycles. The summed E-state index contributed by atoms with van der Waals surface area (Å²) in [5, 5.41) is 0. The fraction of sp³-hybridized carbons (Fsp3) is 0.611. The van der Waals surface area contributed by atoms with Gasteiger partial charge >= 0.3 is 0 Å². The first-order valence-corrected chi connectivity index (χ1v) is 7.83. The molecule has 0 N–H and O–H groups in total. The molecule has 0 amide bonds. The molecular weight excluding hydrogens is 248 g/mol. The first kappa shape index (κ1) is 15.1. The Balaban J connectivity index is 1.94. The van der Waals surface area contributed by atoms with Crippen LogP contribution < -0.4 is 4.74 Å². The highest BCUT2D eigenvalue weighted by Crippen LogP contribution is 2.26. The number of hydrogen-bond donors (Lipinski definition) is 0. The van der Waals surface area contributed by atoms with E-state index in [4.69, 9.17) is 4.74 Å². The number of carbonyl (C=O) groups is 1. The Labute approximate surface area is 122 Å². The molecule has 0 unspecified atom stereocenters. The van der Waals surface area contributed by atoms with Crippen molar-refractivity contribution in [1.82, 2.24) is 0 Å². The van der Waals surface area contributed by atoms with Crippen LogP contribution in [0.2, 0.25) is 0 Å². The fourth-order valence-corrected chi connectivity index (χ4v) is 2.89. The Kier molecular flexibility index (Phi) is 5.22. The maximum absolute atomic E-state index is 12.2. The van der Waals surface area contributed by atoms with Crippen LogP contribution in [0, 0.1) is 12.8 Å². The van der Waals surface area contributed by atoms with Crippen LogP contribution in [-0.2, 0) is 4.79 Å². The lowest BCUT2D eigenvalue weighted by Gasteiger charge is -2.20. The van der Waals surface area contributed by atoms with Crippen LogP contribution in [0.4, 0.5) is 0 Å². The molecule has 1 aliphatic rings. The largest absolute Gasteiger partial charge is 0.486 e. The summed E-state index contributed by atoms with van der Waals surface area (Å²) >= 11 is 0. The van der Waals surface area contributed by atoms with E-state index in [1.807, 2.05) is 6.07 Å². The normalized spacial score (nSPS) is 16.4. The van der Waals surface area contributed by atoms with Crippen molar-refractivity contribution in [2.24, 2.45) is 5.92 Å². The molecule has 1 aliphatic carbocycles. The van der Waals surface area contributed by atoms with Gasteiger partial charge in [-0.3, -0.25) is 4.79 Å². The smallest absolute Gasteiger partial charge is 0.173 e. The van der Waals surface area contributed by atoms with Crippen LogP contribution in [0.15, 0.2) is 18.2 Å². The van der Waals surface area contributed by atoms with Crippen molar-refractivity contribution in [2.45, 2.75) is 58.8 Å². The molecular formula is C18H26O2. The van der Waals surface area contributed by atoms with Crippen molar-refractivity contribution in [2.75, 3.05) is 6.61 Å². The number of aryl methyl sites for hydroxylation is 1. The van der Waals surface area contributed by atoms with E-state index >= 15 is 0 Å². The first-order valence-electron chi connectivity index (χ1n) is 7.83. The second kappa shape index (κ2) is 6.92. The van der Waals surface area contributed by atoms with Crippen LogP contribution in [0.3, 0.4) is 0 Å². The van der Waals surface area contributed by atoms with E-state index in [9.17, 15) is 4.79 Å². The lowest BCUT2D eigenvalue weighted by atomic mass is 9.86. The van der Waals surface area contributed by atoms with E-state index in [0.29, 0.717) is 5.92 Å². The predicted octanol–water partition coefficient (Wildman–Crippen LogP) is 4.65. The van der Waals surface area contributed by atoms with Gasteiger partial charge in [0, 0.05) is 5.92 Å². The van der Waals surface area contributed by atoms with Crippen molar-refractivity contribution in [1.29, 1.82) is 0 Å². The van der Waals surface area contributed by atoms with Gasteiger partial charge in [0.05, 0.1) is 0 Å². The Bertz CT molecular complexity index is 456. The van der Waals surface area contributed by atoms with Crippen LogP contribution in [-0.4, -0.2) is 12.4 Å². The molecule has 2 rings (SSSR count). The third-order valence-corrected chi connectivity index (χ3v) is 4.18. The Morgan fingerprint density at radius 1 is 1.20 bits per heavy atom. The van der Waals surface area contributed by atoms with E-state index < -0.39 is 0 Å². The molecule has 0 atom stereocenters. The third kappa shape index (κ3) is 4.09. The zero-order valence-corrected chi connectivity index (χ0v) is 12.9. The number of benzene rings is 1. The van der Waals surface area contributed by atoms with Gasteiger partial charge in [-0.05, 0) is 48.9 Å². The molecule has 2 nitrogen and oxygen atoms in total. The van der Waals surface area contributed by atoms with Gasteiger partial charge in [-0.1, -0.05) is 39.2 Å². The van der Waals surface area contributed by atoms with Crippen LogP contribution in [0.1, 0.15) is 63.0 Å². The van der Waals surface area contributed by atoms with E-state index in [2.05, 4.69) is 32.9 Å². The topological polar surface area (TPSA) is 26.3 Å². The van der Waals surface area contributed by atoms with E-state index in [0.717, 1.165) is 18.6 Å². The highest BCUT2D eigenvalue weighted by atomic mass is 16.5. The van der Waals surface area contributed by atoms with Gasteiger partial charge in [0.1, 0.15) is 12.4 Å². The van der Waals surface area contributed by atoms with Gasteiger partial charge in [-0.25, -0.2) is 0 Å². The third-order valence-electron chi connectivity index (χ3n) is 4.18. The summed E-state index contributed by atoms with van der Waals surface area (Å²) in [5.41, 5.74) is 2.46. The predicted molar refractivity (Wildman–Crippen MR) is 82.3 cm³/mol. The molecule has 0 aliphatic heterocycles. The Morgan fingerprint density at radius 2 is 1.90 bits per heavy atom. The minimum atomic E-state index is 0.228. The maximum Gasteiger partial charge on any atom is 0.173 e. The Morgan fingerprint density at radius 3 is 2.55 bits per heavy atom. The second-order valence-corrected chi connectivity index (χ2v) is 6.32. The van der Waals surface area contributed by atoms with Gasteiger partial charge in [-0.2, -0.15) is 0 Å². The average molecular weight is 274 g/mol. The standard InChI is InChI=1S/C18H26O2/c1-13(2)16-9-14(3)10-17(11-16)20-12-18(19)15-7-5-4-6-8-15/h9-11,13,15H,4-8,12H2,1-3H3. The molecule has 0 saturated heterocycles. The van der Waals surface area contributed by atoms with Crippen molar-refractivity contribution in [3.05, 3.63) is 29.3 Å². The number of hydrogen-bond acceptors (Lipinski definition) is 2. The number of ether oxygens (including phenoxy) is 1. The number of Topliss-reactive ketones (excluding diaryl/α,β-unsaturated/α-hetero) is 1. The van der Waals surface area contributed by atoms with Crippen molar-refractivity contribution < 1.29 is 9.53 Å². The minimum Gasteiger partial charge on any atom is -0.486 e. The van der Waals surface area contributed by atoms with E-state index in [1.165, 1.54) is 30.4 Å². The zero-order valence-electron chi connectivity index (χ0n) is 12.9. The lowest BCUT2D eigenvalue weighted by Crippen LogP contribution is -2.23. The second-order valence-electron chi connectivity index (χ2n) is 6.32. The summed E-state index contributed by atoms with van der Waals surface area (Å²) in [5.74, 6) is 1.82. The van der Waals surface area contributed by atoms with Crippen molar-refractivity contribution in [3.63, 3.8) is 0 Å². The average Bonchev–Trinajstić information content (AvgIpc) is 2.45. The van der Waals surface area contributed by atoms with Crippen molar-refractivity contribution >= 4 is 5.78 Å². The summed E-state index contributed by atoms with van der Waals surface area (Å²) < 4.78 is 5.74. The highest BCUT2D eigenvalue weighted by molar-refractivity contribution is 5.82. The molecule has 0 radical (unpaired) electrons. The van der Waals surface area contributed by atoms with Gasteiger partial charge in [0.15, 0.2) is 5.78 Å². The fourth-order valence-electron chi connectivity index (χ4n) is 2.89. The molecule has 2 heteroatoms. The van der Waals surface area contributed by atoms with Gasteiger partial charge in [0.25, 0.3) is 0 Å². The van der Waals surface area contributed by atoms with E-state index in [-0.39, 0.29) is 18.3 Å². The summed E-state index contributed by atoms with van der Waals surface area (Å²) in [6.07, 6.45) is 5.76. The lowest BCUT2D eigenvalue weighted by molar-refractivity contribution is -0.125. The molecule has 110 valence electrons. The number of ketones is 1. The molecule has 1 aromatic rings. The monoisotopic (exact) mass is 274 g/mol. The maximum atomic E-state index is 12.2. The molecule has 0 aromatic heterocycles. The number of carbonyl (C=O) groups excluding carboxylic acids is 1. The highest BCUT2D eigenvalue weighted by Gasteiger charge is 2.21. The Hall–Kier alpha value is -1.31. The van der Waals surface area contributed by atoms with Gasteiger partial charge in [-0.15, -0.1) is 0 Å². The summed E-state index contributed by atoms with van der Waals surface area (Å²) in [4.78, 5) is 12.2.